The summed E-state index contributed by atoms with van der Waals surface area (Å²) in [6, 6.07) is 110. The lowest BCUT2D eigenvalue weighted by molar-refractivity contribution is -0.00530. The molecule has 8 fully saturated rings. The molecule has 0 atom stereocenters. The third-order valence-electron chi connectivity index (χ3n) is 23.1. The lowest BCUT2D eigenvalue weighted by atomic mass is 9.48. The van der Waals surface area contributed by atoms with E-state index in [0.717, 1.165) is 74.7 Å². The first-order valence-electron chi connectivity index (χ1n) is 36.0. The molecule has 0 saturated heterocycles. The maximum Gasteiger partial charge on any atom is 0.0476 e. The van der Waals surface area contributed by atoms with Crippen LogP contribution in [0, 0.1) is 35.5 Å². The van der Waals surface area contributed by atoms with Crippen molar-refractivity contribution in [3.8, 4) is 0 Å². The molecule has 8 saturated carbocycles. The smallest absolute Gasteiger partial charge is 0.0476 e. The molecule has 8 bridgehead atoms. The van der Waals surface area contributed by atoms with Gasteiger partial charge in [-0.05, 0) is 292 Å². The van der Waals surface area contributed by atoms with Crippen molar-refractivity contribution < 1.29 is 0 Å². The largest absolute Gasteiger partial charge is 0.356 e. The molecular weight excluding hydrogens is 1260 g/mol. The van der Waals surface area contributed by atoms with Gasteiger partial charge in [0.05, 0.1) is 0 Å². The minimum Gasteiger partial charge on any atom is -0.356 e. The Balaban J connectivity index is 0.000000119. The summed E-state index contributed by atoms with van der Waals surface area (Å²) in [4.78, 5) is 7.08. The second-order valence-electron chi connectivity index (χ2n) is 29.6. The fraction of sp³-hybridized carbons (Fsp3) is 0.217. The van der Waals surface area contributed by atoms with Gasteiger partial charge in [-0.15, -0.1) is 22.7 Å². The Hall–Kier alpha value is -9.43. The lowest BCUT2D eigenvalue weighted by Crippen LogP contribution is -2.48. The van der Waals surface area contributed by atoms with Crippen LogP contribution >= 0.6 is 34.3 Å². The van der Waals surface area contributed by atoms with Crippen LogP contribution < -0.4 is 20.0 Å². The van der Waals surface area contributed by atoms with Crippen LogP contribution in [0.2, 0.25) is 5.02 Å². The average molecular weight is 1340 g/mol. The zero-order valence-electron chi connectivity index (χ0n) is 55.9. The van der Waals surface area contributed by atoms with Gasteiger partial charge in [0.15, 0.2) is 0 Å². The number of thiophene rings is 2. The molecule has 0 aliphatic heterocycles. The fourth-order valence-corrected chi connectivity index (χ4v) is 22.1. The van der Waals surface area contributed by atoms with E-state index in [0.29, 0.717) is 10.8 Å². The monoisotopic (exact) mass is 1340 g/mol. The van der Waals surface area contributed by atoms with Crippen LogP contribution in [0.3, 0.4) is 0 Å². The highest BCUT2D eigenvalue weighted by Crippen LogP contribution is 2.62. The van der Waals surface area contributed by atoms with Gasteiger partial charge in [-0.25, -0.2) is 0 Å². The highest BCUT2D eigenvalue weighted by Gasteiger charge is 2.53. The van der Waals surface area contributed by atoms with Crippen molar-refractivity contribution in [2.24, 2.45) is 35.5 Å². The average Bonchev–Trinajstić information content (AvgIpc) is 1.65. The Bertz CT molecular complexity index is 4990. The van der Waals surface area contributed by atoms with E-state index in [1.807, 2.05) is 35.6 Å². The van der Waals surface area contributed by atoms with Gasteiger partial charge in [-0.1, -0.05) is 157 Å². The van der Waals surface area contributed by atoms with Crippen LogP contribution in [0.25, 0.3) is 40.3 Å². The van der Waals surface area contributed by atoms with E-state index < -0.39 is 0 Å². The quantitative estimate of drug-likeness (QED) is 0.124. The zero-order valence-corrected chi connectivity index (χ0v) is 58.2. The third kappa shape index (κ3) is 12.3. The fourth-order valence-electron chi connectivity index (χ4n) is 19.6. The Morgan fingerprint density at radius 1 is 0.263 bits per heavy atom. The molecule has 0 unspecified atom stereocenters. The predicted molar refractivity (Wildman–Crippen MR) is 424 cm³/mol. The molecule has 12 aromatic carbocycles. The molecule has 99 heavy (non-hydrogen) atoms. The van der Waals surface area contributed by atoms with Crippen molar-refractivity contribution >= 4 is 137 Å². The molecule has 22 rings (SSSR count). The van der Waals surface area contributed by atoms with Gasteiger partial charge >= 0.3 is 0 Å². The SMILES string of the molecule is Clc1ccc2c(c1)sc1ccc(N(c3ccccc3)c3ccccc3)cc12.c1ccc(N(c2ccc(C34CC5CC(CC(C5)C3)C4)cc2)c2ccc3c(c2)sc2ccc(N(c4ccccc4)c4ccccc4)cc23)cc1.c1ccc(Nc2ccc(C34CC5CC(CC(C5)C3)C4)cc2)cc1. The Labute approximate surface area is 595 Å². The van der Waals surface area contributed by atoms with E-state index in [-0.39, 0.29) is 0 Å². The van der Waals surface area contributed by atoms with Crippen LogP contribution in [0.4, 0.5) is 62.6 Å². The molecule has 0 radical (unpaired) electrons. The molecule has 7 heteroatoms. The zero-order chi connectivity index (χ0) is 65.9. The Morgan fingerprint density at radius 3 is 0.939 bits per heavy atom. The summed E-state index contributed by atoms with van der Waals surface area (Å²) in [6.07, 6.45) is 17.6. The Kier molecular flexibility index (Phi) is 16.5. The van der Waals surface area contributed by atoms with E-state index in [1.54, 1.807) is 22.5 Å². The lowest BCUT2D eigenvalue weighted by Gasteiger charge is -2.57. The predicted octanol–water partition coefficient (Wildman–Crippen LogP) is 27.5. The van der Waals surface area contributed by atoms with Gasteiger partial charge in [-0.3, -0.25) is 0 Å². The van der Waals surface area contributed by atoms with Crippen molar-refractivity contribution in [2.75, 3.05) is 20.0 Å². The third-order valence-corrected chi connectivity index (χ3v) is 25.6. The minimum atomic E-state index is 0.413. The van der Waals surface area contributed by atoms with E-state index in [9.17, 15) is 0 Å². The molecule has 8 aliphatic rings. The number of benzene rings is 12. The number of rotatable bonds is 13. The maximum absolute atomic E-state index is 6.19. The van der Waals surface area contributed by atoms with E-state index in [1.165, 1.54) is 146 Å². The molecule has 0 amide bonds. The summed E-state index contributed by atoms with van der Waals surface area (Å²) in [5.41, 5.74) is 17.0. The first-order valence-corrected chi connectivity index (χ1v) is 38.1. The number of anilines is 11. The van der Waals surface area contributed by atoms with E-state index in [2.05, 4.69) is 299 Å². The first-order chi connectivity index (χ1) is 48.8. The minimum absolute atomic E-state index is 0.413. The van der Waals surface area contributed by atoms with Crippen LogP contribution in [-0.4, -0.2) is 0 Å². The van der Waals surface area contributed by atoms with Crippen LogP contribution in [0.5, 0.6) is 0 Å². The first kappa shape index (κ1) is 61.9. The van der Waals surface area contributed by atoms with Gasteiger partial charge in [0.25, 0.3) is 0 Å². The number of hydrogen-bond donors (Lipinski definition) is 1. The molecule has 8 aliphatic carbocycles. The number of halogens is 1. The van der Waals surface area contributed by atoms with Crippen LogP contribution in [-0.2, 0) is 10.8 Å². The van der Waals surface area contributed by atoms with Gasteiger partial charge < -0.3 is 20.0 Å². The van der Waals surface area contributed by atoms with Crippen LogP contribution in [0.15, 0.2) is 303 Å². The maximum atomic E-state index is 6.19. The standard InChI is InChI=1S/C46H40N2S.C24H16ClNS.C22H25N/c1-4-10-36(11-5-1)47(37-12-6-2-7-13-37)40-21-23-44-43(27-40)42-22-20-41(28-45(42)49-44)48(38-14-8-3-9-15-38)39-18-16-35(17-19-39)46-29-32-24-33(30-46)26-34(25-32)31-46;25-17-11-13-21-22-16-20(12-14-23(22)27-24(21)15-17)26(18-7-3-1-4-8-18)19-9-5-2-6-10-19;1-2-4-20(5-3-1)23-21-8-6-19(7-9-21)22-13-16-10-17(14-22)12-18(11-16)15-22/h1-23,27-28,32-34H,24-26,29-31H2;1-16H;1-9,16-18,23H,10-15H2. The summed E-state index contributed by atoms with van der Waals surface area (Å²) in [7, 11) is 0. The molecule has 2 heterocycles. The summed E-state index contributed by atoms with van der Waals surface area (Å²) in [5, 5.41) is 9.40. The molecule has 0 spiro atoms. The molecule has 2 aromatic heterocycles. The van der Waals surface area contributed by atoms with Crippen molar-refractivity contribution in [1.29, 1.82) is 0 Å². The van der Waals surface area contributed by atoms with Gasteiger partial charge in [0, 0.05) is 108 Å². The van der Waals surface area contributed by atoms with Crippen LogP contribution in [0.1, 0.15) is 88.2 Å². The van der Waals surface area contributed by atoms with Crippen molar-refractivity contribution in [3.63, 3.8) is 0 Å². The summed E-state index contributed by atoms with van der Waals surface area (Å²) < 4.78 is 5.11. The van der Waals surface area contributed by atoms with Crippen molar-refractivity contribution in [1.82, 2.24) is 0 Å². The number of para-hydroxylation sites is 6. The molecule has 1 N–H and O–H groups in total. The van der Waals surface area contributed by atoms with Crippen molar-refractivity contribution in [3.05, 3.63) is 319 Å². The second kappa shape index (κ2) is 26.3. The highest BCUT2D eigenvalue weighted by atomic mass is 35.5. The van der Waals surface area contributed by atoms with Crippen molar-refractivity contribution in [2.45, 2.75) is 87.9 Å². The number of nitrogens with one attached hydrogen (secondary N) is 1. The number of nitrogens with zero attached hydrogens (tertiary/aromatic N) is 3. The summed E-state index contributed by atoms with van der Waals surface area (Å²) >= 11 is 9.86. The molecule has 4 nitrogen and oxygen atoms in total. The van der Waals surface area contributed by atoms with E-state index in [4.69, 9.17) is 11.6 Å². The normalized spacial score (nSPS) is 22.2. The van der Waals surface area contributed by atoms with Gasteiger partial charge in [-0.2, -0.15) is 0 Å². The Morgan fingerprint density at radius 2 is 0.556 bits per heavy atom. The summed E-state index contributed by atoms with van der Waals surface area (Å²) in [6.45, 7) is 0. The molecule has 488 valence electrons. The number of fused-ring (bicyclic) bond motifs is 6. The number of hydrogen-bond acceptors (Lipinski definition) is 6. The highest BCUT2D eigenvalue weighted by molar-refractivity contribution is 7.26. The topological polar surface area (TPSA) is 21.8 Å². The molecule has 14 aromatic rings. The van der Waals surface area contributed by atoms with Gasteiger partial charge in [0.1, 0.15) is 0 Å². The summed E-state index contributed by atoms with van der Waals surface area (Å²) in [5.74, 6) is 5.91. The second-order valence-corrected chi connectivity index (χ2v) is 32.2. The van der Waals surface area contributed by atoms with Gasteiger partial charge in [0.2, 0.25) is 0 Å². The molecular formula is C92H81ClN4S2. The van der Waals surface area contributed by atoms with E-state index >= 15 is 0 Å².